The minimum absolute atomic E-state index is 0.538. The van der Waals surface area contributed by atoms with Gasteiger partial charge in [0.2, 0.25) is 0 Å². The zero-order chi connectivity index (χ0) is 7.71. The van der Waals surface area contributed by atoms with Gasteiger partial charge in [0.15, 0.2) is 0 Å². The SMILES string of the molecule is CC(C)(C)[Si](C)(C)CBr. The van der Waals surface area contributed by atoms with Gasteiger partial charge in [0, 0.05) is 0 Å². The van der Waals surface area contributed by atoms with Gasteiger partial charge >= 0.3 is 0 Å². The number of halogens is 1. The van der Waals surface area contributed by atoms with Crippen LogP contribution in [0.15, 0.2) is 0 Å². The zero-order valence-electron chi connectivity index (χ0n) is 7.09. The fourth-order valence-electron chi connectivity index (χ4n) is 0.200. The van der Waals surface area contributed by atoms with Crippen molar-refractivity contribution in [1.29, 1.82) is 0 Å². The highest BCUT2D eigenvalue weighted by molar-refractivity contribution is 9.09. The van der Waals surface area contributed by atoms with Gasteiger partial charge in [-0.2, -0.15) is 0 Å². The molecule has 0 unspecified atom stereocenters. The van der Waals surface area contributed by atoms with Gasteiger partial charge in [-0.15, -0.1) is 0 Å². The number of rotatable bonds is 1. The fourth-order valence-corrected chi connectivity index (χ4v) is 3.12. The second-order valence-corrected chi connectivity index (χ2v) is 11.5. The van der Waals surface area contributed by atoms with Gasteiger partial charge in [-0.05, 0) is 9.99 Å². The van der Waals surface area contributed by atoms with Crippen LogP contribution in [0.3, 0.4) is 0 Å². The molecular formula is C7H17BrSi. The molecule has 0 rings (SSSR count). The van der Waals surface area contributed by atoms with Crippen molar-refractivity contribution >= 4 is 24.0 Å². The third-order valence-electron chi connectivity index (χ3n) is 2.36. The van der Waals surface area contributed by atoms with E-state index in [2.05, 4.69) is 49.8 Å². The molecule has 0 aliphatic carbocycles. The third kappa shape index (κ3) is 2.42. The Bertz CT molecular complexity index is 91.6. The molecule has 0 radical (unpaired) electrons. The van der Waals surface area contributed by atoms with Crippen molar-refractivity contribution in [2.45, 2.75) is 38.9 Å². The van der Waals surface area contributed by atoms with Crippen molar-refractivity contribution in [1.82, 2.24) is 0 Å². The number of hydrogen-bond acceptors (Lipinski definition) is 0. The van der Waals surface area contributed by atoms with E-state index in [1.165, 1.54) is 4.95 Å². The van der Waals surface area contributed by atoms with Crippen LogP contribution in [0, 0.1) is 0 Å². The first-order valence-corrected chi connectivity index (χ1v) is 7.70. The van der Waals surface area contributed by atoms with Crippen molar-refractivity contribution in [3.63, 3.8) is 0 Å². The van der Waals surface area contributed by atoms with Crippen LogP contribution in [-0.4, -0.2) is 13.0 Å². The largest absolute Gasteiger partial charge is 0.0961 e. The molecule has 0 heterocycles. The highest BCUT2D eigenvalue weighted by atomic mass is 79.9. The second kappa shape index (κ2) is 2.75. The molecule has 0 saturated heterocycles. The molecule has 0 bridgehead atoms. The lowest BCUT2D eigenvalue weighted by Crippen LogP contribution is -2.39. The van der Waals surface area contributed by atoms with Crippen LogP contribution in [0.25, 0.3) is 0 Å². The number of alkyl halides is 1. The second-order valence-electron chi connectivity index (χ2n) is 4.27. The molecule has 0 aliphatic rings. The molecule has 0 aromatic rings. The molecule has 0 nitrogen and oxygen atoms in total. The van der Waals surface area contributed by atoms with E-state index < -0.39 is 8.07 Å². The summed E-state index contributed by atoms with van der Waals surface area (Å²) in [7, 11) is -0.962. The first-order chi connectivity index (χ1) is 3.81. The summed E-state index contributed by atoms with van der Waals surface area (Å²) >= 11 is 3.57. The Kier molecular flexibility index (Phi) is 2.96. The van der Waals surface area contributed by atoms with Crippen molar-refractivity contribution in [3.8, 4) is 0 Å². The molecule has 0 atom stereocenters. The molecule has 0 N–H and O–H groups in total. The van der Waals surface area contributed by atoms with Gasteiger partial charge in [0.25, 0.3) is 0 Å². The van der Waals surface area contributed by atoms with Crippen LogP contribution < -0.4 is 0 Å². The van der Waals surface area contributed by atoms with Gasteiger partial charge in [-0.3, -0.25) is 0 Å². The summed E-state index contributed by atoms with van der Waals surface area (Å²) < 4.78 is 0. The Morgan fingerprint density at radius 1 is 1.22 bits per heavy atom. The monoisotopic (exact) mass is 208 g/mol. The van der Waals surface area contributed by atoms with Gasteiger partial charge in [-0.25, -0.2) is 0 Å². The van der Waals surface area contributed by atoms with E-state index in [4.69, 9.17) is 0 Å². The Morgan fingerprint density at radius 2 is 1.56 bits per heavy atom. The topological polar surface area (TPSA) is 0 Å². The summed E-state index contributed by atoms with van der Waals surface area (Å²) in [5, 5.41) is 0.538. The Balaban J connectivity index is 4.14. The first-order valence-electron chi connectivity index (χ1n) is 3.37. The van der Waals surface area contributed by atoms with E-state index in [0.29, 0.717) is 5.04 Å². The van der Waals surface area contributed by atoms with Crippen molar-refractivity contribution in [3.05, 3.63) is 0 Å². The Labute approximate surface area is 68.2 Å². The predicted octanol–water partition coefficient (Wildman–Crippen LogP) is 3.43. The summed E-state index contributed by atoms with van der Waals surface area (Å²) in [6.07, 6.45) is 0. The standard InChI is InChI=1S/C7H17BrSi/c1-7(2,3)9(4,5)6-8/h6H2,1-5H3. The lowest BCUT2D eigenvalue weighted by molar-refractivity contribution is 0.723. The van der Waals surface area contributed by atoms with E-state index >= 15 is 0 Å². The van der Waals surface area contributed by atoms with Crippen LogP contribution in [0.4, 0.5) is 0 Å². The smallest absolute Gasteiger partial charge is 0.0640 e. The van der Waals surface area contributed by atoms with E-state index in [-0.39, 0.29) is 0 Å². The van der Waals surface area contributed by atoms with Crippen LogP contribution in [-0.2, 0) is 0 Å². The lowest BCUT2D eigenvalue weighted by Gasteiger charge is -2.35. The fraction of sp³-hybridized carbons (Fsp3) is 1.00. The number of hydrogen-bond donors (Lipinski definition) is 0. The van der Waals surface area contributed by atoms with Gasteiger partial charge in [0.1, 0.15) is 0 Å². The summed E-state index contributed by atoms with van der Waals surface area (Å²) in [5.41, 5.74) is 0. The Morgan fingerprint density at radius 3 is 1.56 bits per heavy atom. The zero-order valence-corrected chi connectivity index (χ0v) is 9.67. The van der Waals surface area contributed by atoms with E-state index in [9.17, 15) is 0 Å². The highest BCUT2D eigenvalue weighted by Crippen LogP contribution is 2.36. The molecule has 9 heavy (non-hydrogen) atoms. The molecule has 0 aromatic carbocycles. The van der Waals surface area contributed by atoms with Crippen molar-refractivity contribution in [2.24, 2.45) is 0 Å². The summed E-state index contributed by atoms with van der Waals surface area (Å²) in [5.74, 6) is 0. The van der Waals surface area contributed by atoms with Crippen LogP contribution >= 0.6 is 15.9 Å². The average Bonchev–Trinajstić information content (AvgIpc) is 1.64. The molecule has 2 heteroatoms. The van der Waals surface area contributed by atoms with Gasteiger partial charge < -0.3 is 0 Å². The molecule has 56 valence electrons. The minimum Gasteiger partial charge on any atom is -0.0961 e. The van der Waals surface area contributed by atoms with Crippen molar-refractivity contribution < 1.29 is 0 Å². The molecule has 0 spiro atoms. The van der Waals surface area contributed by atoms with E-state index in [0.717, 1.165) is 0 Å². The lowest BCUT2D eigenvalue weighted by atomic mass is 10.2. The summed E-state index contributed by atoms with van der Waals surface area (Å²) in [4.78, 5) is 1.21. The van der Waals surface area contributed by atoms with Crippen molar-refractivity contribution in [2.75, 3.05) is 4.95 Å². The summed E-state index contributed by atoms with van der Waals surface area (Å²) in [6, 6.07) is 0. The van der Waals surface area contributed by atoms with Gasteiger partial charge in [-0.1, -0.05) is 49.8 Å². The molecule has 0 saturated carbocycles. The van der Waals surface area contributed by atoms with Crippen LogP contribution in [0.5, 0.6) is 0 Å². The maximum atomic E-state index is 3.57. The van der Waals surface area contributed by atoms with E-state index in [1.807, 2.05) is 0 Å². The Hall–Kier alpha value is 0.697. The third-order valence-corrected chi connectivity index (χ3v) is 11.3. The molecular weight excluding hydrogens is 192 g/mol. The highest BCUT2D eigenvalue weighted by Gasteiger charge is 2.33. The normalized spacial score (nSPS) is 14.0. The van der Waals surface area contributed by atoms with Crippen LogP contribution in [0.2, 0.25) is 18.1 Å². The maximum absolute atomic E-state index is 3.57. The molecule has 0 fully saturated rings. The first kappa shape index (κ1) is 9.70. The molecule has 0 aliphatic heterocycles. The quantitative estimate of drug-likeness (QED) is 0.458. The summed E-state index contributed by atoms with van der Waals surface area (Å²) in [6.45, 7) is 11.8. The van der Waals surface area contributed by atoms with E-state index in [1.54, 1.807) is 0 Å². The van der Waals surface area contributed by atoms with Crippen LogP contribution in [0.1, 0.15) is 20.8 Å². The minimum atomic E-state index is -0.962. The van der Waals surface area contributed by atoms with Gasteiger partial charge in [0.05, 0.1) is 8.07 Å². The molecule has 0 aromatic heterocycles. The molecule has 0 amide bonds. The predicted molar refractivity (Wildman–Crippen MR) is 51.0 cm³/mol. The maximum Gasteiger partial charge on any atom is 0.0640 e. The average molecular weight is 209 g/mol.